The largest absolute Gasteiger partial charge is 0.481 e. The number of amides is 2. The molecule has 7 atom stereocenters. The average molecular weight is 632 g/mol. The summed E-state index contributed by atoms with van der Waals surface area (Å²) >= 11 is 0. The van der Waals surface area contributed by atoms with Gasteiger partial charge in [-0.3, -0.25) is 9.69 Å². The topological polar surface area (TPSA) is 64.1 Å². The first-order chi connectivity index (χ1) is 20.3. The summed E-state index contributed by atoms with van der Waals surface area (Å²) < 4.78 is 95.5. The van der Waals surface area contributed by atoms with E-state index in [9.17, 15) is 45.4 Å². The molecule has 1 saturated carbocycles. The molecule has 7 unspecified atom stereocenters. The Morgan fingerprint density at radius 3 is 2.23 bits per heavy atom. The normalized spacial score (nSPS) is 31.6. The lowest BCUT2D eigenvalue weighted by Crippen LogP contribution is -2.58. The number of carboxylic acid groups (broad SMARTS) is 1. The van der Waals surface area contributed by atoms with E-state index in [1.165, 1.54) is 26.1 Å². The molecular formula is C31H36F7N3O3. The summed E-state index contributed by atoms with van der Waals surface area (Å²) in [5.41, 5.74) is -3.24. The van der Waals surface area contributed by atoms with Crippen molar-refractivity contribution in [1.29, 1.82) is 0 Å². The van der Waals surface area contributed by atoms with Crippen molar-refractivity contribution in [3.63, 3.8) is 0 Å². The van der Waals surface area contributed by atoms with Crippen molar-refractivity contribution >= 4 is 12.0 Å². The van der Waals surface area contributed by atoms with E-state index in [1.54, 1.807) is 11.8 Å². The lowest BCUT2D eigenvalue weighted by Gasteiger charge is -2.49. The van der Waals surface area contributed by atoms with Crippen LogP contribution in [0.1, 0.15) is 62.8 Å². The van der Waals surface area contributed by atoms with Gasteiger partial charge in [0.15, 0.2) is 0 Å². The van der Waals surface area contributed by atoms with Crippen LogP contribution in [0.4, 0.5) is 35.5 Å². The van der Waals surface area contributed by atoms with Crippen LogP contribution >= 0.6 is 0 Å². The zero-order valence-corrected chi connectivity index (χ0v) is 24.8. The second-order valence-electron chi connectivity index (χ2n) is 13.0. The van der Waals surface area contributed by atoms with Crippen LogP contribution in [-0.4, -0.2) is 70.6 Å². The minimum atomic E-state index is -5.02. The first-order valence-corrected chi connectivity index (χ1v) is 14.7. The number of fused-ring (bicyclic) bond motifs is 1. The summed E-state index contributed by atoms with van der Waals surface area (Å²) in [6, 6.07) is -0.874. The number of carbonyl (C=O) groups is 2. The second-order valence-corrected chi connectivity index (χ2v) is 13.0. The molecule has 2 aliphatic heterocycles. The Kier molecular flexibility index (Phi) is 8.12. The van der Waals surface area contributed by atoms with Gasteiger partial charge in [-0.25, -0.2) is 9.18 Å². The lowest BCUT2D eigenvalue weighted by atomic mass is 9.74. The van der Waals surface area contributed by atoms with Gasteiger partial charge in [-0.2, -0.15) is 26.3 Å². The molecule has 6 nitrogen and oxygen atoms in total. The standard InChI is InChI=1S/C31H36F7N3O3/c1-16-7-23(32)8-17(2)26(16)25-12-24(40-14-22-13-29(22,15-40)27(42)43)5-6-41(25)28(44)39(4)18(3)19-9-20(30(33,34)35)11-21(10-19)31(36,37)38/h7-11,16,18,22,24-26H,5-6,12-15H2,1-4H3,(H,42,43). The smallest absolute Gasteiger partial charge is 0.416 e. The average Bonchev–Trinajstić information content (AvgIpc) is 3.50. The van der Waals surface area contributed by atoms with Crippen LogP contribution in [0.15, 0.2) is 41.8 Å². The molecule has 0 spiro atoms. The van der Waals surface area contributed by atoms with Gasteiger partial charge in [0, 0.05) is 44.7 Å². The summed E-state index contributed by atoms with van der Waals surface area (Å²) in [5, 5.41) is 9.77. The number of hydrogen-bond acceptors (Lipinski definition) is 3. The lowest BCUT2D eigenvalue weighted by molar-refractivity contribution is -0.144. The van der Waals surface area contributed by atoms with Gasteiger partial charge in [0.2, 0.25) is 0 Å². The zero-order chi connectivity index (χ0) is 32.5. The van der Waals surface area contributed by atoms with E-state index >= 15 is 0 Å². The zero-order valence-electron chi connectivity index (χ0n) is 24.8. The maximum atomic E-state index is 14.3. The van der Waals surface area contributed by atoms with Crippen LogP contribution in [0, 0.1) is 23.2 Å². The predicted molar refractivity (Wildman–Crippen MR) is 147 cm³/mol. The highest BCUT2D eigenvalue weighted by Gasteiger charge is 2.66. The molecule has 0 bridgehead atoms. The van der Waals surface area contributed by atoms with Crippen LogP contribution in [0.3, 0.4) is 0 Å². The number of allylic oxidation sites excluding steroid dienone is 3. The molecule has 2 amide bonds. The number of alkyl halides is 6. The van der Waals surface area contributed by atoms with Gasteiger partial charge in [-0.05, 0) is 80.9 Å². The highest BCUT2D eigenvalue weighted by molar-refractivity contribution is 5.79. The van der Waals surface area contributed by atoms with Crippen molar-refractivity contribution in [3.8, 4) is 0 Å². The number of carbonyl (C=O) groups excluding carboxylic acids is 1. The van der Waals surface area contributed by atoms with Gasteiger partial charge in [0.25, 0.3) is 0 Å². The number of carboxylic acids is 1. The fraction of sp³-hybridized carbons (Fsp3) is 0.613. The molecule has 1 N–H and O–H groups in total. The van der Waals surface area contributed by atoms with Crippen LogP contribution in [-0.2, 0) is 17.1 Å². The van der Waals surface area contributed by atoms with Crippen molar-refractivity contribution in [2.45, 2.75) is 70.5 Å². The van der Waals surface area contributed by atoms with Crippen LogP contribution < -0.4 is 0 Å². The van der Waals surface area contributed by atoms with E-state index in [1.807, 2.05) is 6.92 Å². The Morgan fingerprint density at radius 2 is 1.70 bits per heavy atom. The van der Waals surface area contributed by atoms with Gasteiger partial charge >= 0.3 is 24.4 Å². The Hall–Kier alpha value is -3.09. The monoisotopic (exact) mass is 631 g/mol. The third-order valence-electron chi connectivity index (χ3n) is 10.2. The van der Waals surface area contributed by atoms with E-state index < -0.39 is 58.8 Å². The molecule has 0 aromatic heterocycles. The third-order valence-corrected chi connectivity index (χ3v) is 10.2. The SMILES string of the molecule is CC1=CC(F)=CC(C)C1C1CC(N2CC3CC3(C(=O)O)C2)CCN1C(=O)N(C)C(C)c1cc(C(F)(F)F)cc(C(F)(F)F)c1. The maximum Gasteiger partial charge on any atom is 0.416 e. The molecule has 13 heteroatoms. The predicted octanol–water partition coefficient (Wildman–Crippen LogP) is 7.14. The summed E-state index contributed by atoms with van der Waals surface area (Å²) in [7, 11) is 1.35. The number of hydrogen-bond donors (Lipinski definition) is 1. The van der Waals surface area contributed by atoms with Gasteiger partial charge in [-0.1, -0.05) is 12.5 Å². The quantitative estimate of drug-likeness (QED) is 0.351. The number of aliphatic carboxylic acids is 1. The van der Waals surface area contributed by atoms with E-state index in [0.29, 0.717) is 44.5 Å². The summed E-state index contributed by atoms with van der Waals surface area (Å²) in [5.74, 6) is -1.71. The highest BCUT2D eigenvalue weighted by atomic mass is 19.4. The van der Waals surface area contributed by atoms with Crippen molar-refractivity contribution in [2.75, 3.05) is 26.7 Å². The highest BCUT2D eigenvalue weighted by Crippen LogP contribution is 2.59. The molecule has 2 saturated heterocycles. The molecule has 2 heterocycles. The van der Waals surface area contributed by atoms with Crippen molar-refractivity contribution in [3.05, 3.63) is 58.4 Å². The molecule has 44 heavy (non-hydrogen) atoms. The molecule has 4 aliphatic rings. The summed E-state index contributed by atoms with van der Waals surface area (Å²) in [6.07, 6.45) is -5.54. The van der Waals surface area contributed by atoms with Crippen molar-refractivity contribution in [2.24, 2.45) is 23.2 Å². The fourth-order valence-corrected chi connectivity index (χ4v) is 7.62. The first-order valence-electron chi connectivity index (χ1n) is 14.7. The number of halogens is 7. The number of urea groups is 1. The molecule has 1 aromatic rings. The minimum absolute atomic E-state index is 0.0376. The molecule has 3 fully saturated rings. The van der Waals surface area contributed by atoms with Crippen LogP contribution in [0.2, 0.25) is 0 Å². The van der Waals surface area contributed by atoms with Gasteiger partial charge in [-0.15, -0.1) is 0 Å². The Morgan fingerprint density at radius 1 is 1.09 bits per heavy atom. The number of benzene rings is 1. The second kappa shape index (κ2) is 11.1. The van der Waals surface area contributed by atoms with E-state index in [4.69, 9.17) is 0 Å². The summed E-state index contributed by atoms with van der Waals surface area (Å²) in [4.78, 5) is 30.9. The molecule has 1 aromatic carbocycles. The minimum Gasteiger partial charge on any atom is -0.481 e. The maximum absolute atomic E-state index is 14.3. The van der Waals surface area contributed by atoms with Gasteiger partial charge in [0.1, 0.15) is 5.83 Å². The number of nitrogens with zero attached hydrogens (tertiary/aromatic N) is 3. The Labute approximate surface area is 251 Å². The van der Waals surface area contributed by atoms with Gasteiger partial charge < -0.3 is 14.9 Å². The number of piperidine rings is 2. The summed E-state index contributed by atoms with van der Waals surface area (Å²) in [6.45, 7) is 6.28. The first kappa shape index (κ1) is 32.3. The van der Waals surface area contributed by atoms with Crippen LogP contribution in [0.25, 0.3) is 0 Å². The third kappa shape index (κ3) is 5.83. The molecule has 0 radical (unpaired) electrons. The number of likely N-dealkylation sites (tertiary alicyclic amines) is 2. The Balaban J connectivity index is 1.42. The van der Waals surface area contributed by atoms with Crippen molar-refractivity contribution in [1.82, 2.24) is 14.7 Å². The van der Waals surface area contributed by atoms with E-state index in [-0.39, 0.29) is 42.0 Å². The Bertz CT molecular complexity index is 1360. The van der Waals surface area contributed by atoms with Crippen LogP contribution in [0.5, 0.6) is 0 Å². The molecule has 5 rings (SSSR count). The molecular weight excluding hydrogens is 595 g/mol. The van der Waals surface area contributed by atoms with E-state index in [2.05, 4.69) is 4.90 Å². The molecule has 2 aliphatic carbocycles. The van der Waals surface area contributed by atoms with Crippen molar-refractivity contribution < 1.29 is 45.4 Å². The van der Waals surface area contributed by atoms with E-state index in [0.717, 1.165) is 10.5 Å². The fourth-order valence-electron chi connectivity index (χ4n) is 7.62. The molecule has 242 valence electrons. The van der Waals surface area contributed by atoms with Gasteiger partial charge in [0.05, 0.1) is 22.6 Å². The number of rotatable bonds is 5.